The van der Waals surface area contributed by atoms with Crippen LogP contribution in [0, 0.1) is 0 Å². The summed E-state index contributed by atoms with van der Waals surface area (Å²) in [5.74, 6) is -0.00164. The van der Waals surface area contributed by atoms with Crippen LogP contribution in [0.25, 0.3) is 22.2 Å². The van der Waals surface area contributed by atoms with Gasteiger partial charge >= 0.3 is 0 Å². The van der Waals surface area contributed by atoms with Crippen molar-refractivity contribution in [3.05, 3.63) is 65.2 Å². The molecule has 0 aliphatic carbocycles. The van der Waals surface area contributed by atoms with Crippen LogP contribution < -0.4 is 0 Å². The number of para-hydroxylation sites is 1. The van der Waals surface area contributed by atoms with Gasteiger partial charge in [0, 0.05) is 16.5 Å². The summed E-state index contributed by atoms with van der Waals surface area (Å²) >= 11 is 6.20. The average molecular weight is 282 g/mol. The molecule has 2 nitrogen and oxygen atoms in total. The van der Waals surface area contributed by atoms with Crippen LogP contribution in [0.4, 0.5) is 0 Å². The lowest BCUT2D eigenvalue weighted by Gasteiger charge is -2.09. The summed E-state index contributed by atoms with van der Waals surface area (Å²) in [6.45, 7) is 1.56. The maximum Gasteiger partial charge on any atom is 0.162 e. The van der Waals surface area contributed by atoms with Crippen molar-refractivity contribution in [1.82, 2.24) is 4.98 Å². The number of Topliss-reactive ketones (excluding diaryl/α,β-unsaturated/α-hetero) is 1. The second-order valence-electron chi connectivity index (χ2n) is 4.62. The second kappa shape index (κ2) is 5.06. The zero-order valence-corrected chi connectivity index (χ0v) is 11.7. The van der Waals surface area contributed by atoms with Gasteiger partial charge in [-0.1, -0.05) is 54.1 Å². The third-order valence-electron chi connectivity index (χ3n) is 3.22. The highest BCUT2D eigenvalue weighted by Gasteiger charge is 2.13. The predicted molar refractivity (Wildman–Crippen MR) is 82.2 cm³/mol. The van der Waals surface area contributed by atoms with E-state index in [1.807, 2.05) is 48.5 Å². The Morgan fingerprint density at radius 2 is 1.80 bits per heavy atom. The molecule has 3 heteroatoms. The van der Waals surface area contributed by atoms with E-state index >= 15 is 0 Å². The van der Waals surface area contributed by atoms with Crippen LogP contribution >= 0.6 is 11.6 Å². The van der Waals surface area contributed by atoms with Crippen molar-refractivity contribution in [2.75, 3.05) is 0 Å². The summed E-state index contributed by atoms with van der Waals surface area (Å²) in [7, 11) is 0. The van der Waals surface area contributed by atoms with Gasteiger partial charge in [-0.25, -0.2) is 4.98 Å². The summed E-state index contributed by atoms with van der Waals surface area (Å²) in [5.41, 5.74) is 2.93. The molecule has 0 N–H and O–H groups in total. The first-order valence-corrected chi connectivity index (χ1v) is 6.70. The maximum atomic E-state index is 11.9. The molecule has 0 saturated heterocycles. The van der Waals surface area contributed by atoms with Crippen LogP contribution in [0.2, 0.25) is 5.02 Å². The Kier molecular flexibility index (Phi) is 3.25. The molecule has 0 amide bonds. The molecule has 0 bridgehead atoms. The second-order valence-corrected chi connectivity index (χ2v) is 5.03. The fraction of sp³-hybridized carbons (Fsp3) is 0.0588. The van der Waals surface area contributed by atoms with Crippen LogP contribution in [0.5, 0.6) is 0 Å². The minimum Gasteiger partial charge on any atom is -0.294 e. The Morgan fingerprint density at radius 1 is 1.05 bits per heavy atom. The van der Waals surface area contributed by atoms with Crippen LogP contribution in [0.15, 0.2) is 54.6 Å². The maximum absolute atomic E-state index is 11.9. The predicted octanol–water partition coefficient (Wildman–Crippen LogP) is 4.76. The van der Waals surface area contributed by atoms with Gasteiger partial charge in [-0.3, -0.25) is 4.79 Å². The number of carbonyl (C=O) groups excluding carboxylic acids is 1. The Bertz CT molecular complexity index is 797. The summed E-state index contributed by atoms with van der Waals surface area (Å²) in [5, 5.41) is 1.47. The van der Waals surface area contributed by atoms with Crippen LogP contribution in [0.1, 0.15) is 17.3 Å². The van der Waals surface area contributed by atoms with Gasteiger partial charge in [-0.2, -0.15) is 0 Å². The zero-order valence-electron chi connectivity index (χ0n) is 10.9. The van der Waals surface area contributed by atoms with E-state index in [1.165, 1.54) is 0 Å². The van der Waals surface area contributed by atoms with Gasteiger partial charge < -0.3 is 0 Å². The van der Waals surface area contributed by atoms with Gasteiger partial charge in [0.2, 0.25) is 0 Å². The highest BCUT2D eigenvalue weighted by Crippen LogP contribution is 2.29. The Hall–Kier alpha value is -2.19. The smallest absolute Gasteiger partial charge is 0.162 e. The molecule has 0 atom stereocenters. The first kappa shape index (κ1) is 12.8. The van der Waals surface area contributed by atoms with E-state index in [1.54, 1.807) is 13.0 Å². The molecule has 2 aromatic carbocycles. The number of nitrogens with zero attached hydrogens (tertiary/aromatic N) is 1. The monoisotopic (exact) mass is 281 g/mol. The van der Waals surface area contributed by atoms with E-state index in [0.717, 1.165) is 16.5 Å². The largest absolute Gasteiger partial charge is 0.294 e. The molecule has 0 radical (unpaired) electrons. The Balaban J connectivity index is 2.37. The number of halogens is 1. The van der Waals surface area contributed by atoms with Crippen molar-refractivity contribution in [2.45, 2.75) is 6.92 Å². The number of hydrogen-bond acceptors (Lipinski definition) is 2. The van der Waals surface area contributed by atoms with Crippen molar-refractivity contribution in [3.63, 3.8) is 0 Å². The number of aromatic nitrogens is 1. The van der Waals surface area contributed by atoms with Gasteiger partial charge in [0.25, 0.3) is 0 Å². The van der Waals surface area contributed by atoms with E-state index in [9.17, 15) is 4.79 Å². The minimum absolute atomic E-state index is 0.00164. The van der Waals surface area contributed by atoms with Crippen molar-refractivity contribution >= 4 is 28.3 Å². The summed E-state index contributed by atoms with van der Waals surface area (Å²) in [6.07, 6.45) is 0. The molecule has 0 saturated carbocycles. The first-order valence-electron chi connectivity index (χ1n) is 6.32. The SMILES string of the molecule is CC(=O)c1cc2cccc(Cl)c2nc1-c1ccccc1. The lowest BCUT2D eigenvalue weighted by molar-refractivity contribution is 0.101. The highest BCUT2D eigenvalue weighted by atomic mass is 35.5. The van der Waals surface area contributed by atoms with Crippen molar-refractivity contribution in [3.8, 4) is 11.3 Å². The third-order valence-corrected chi connectivity index (χ3v) is 3.53. The number of pyridine rings is 1. The lowest BCUT2D eigenvalue weighted by Crippen LogP contribution is -1.99. The standard InChI is InChI=1S/C17H12ClNO/c1-11(20)14-10-13-8-5-9-15(18)17(13)19-16(14)12-6-3-2-4-7-12/h2-10H,1H3. The van der Waals surface area contributed by atoms with E-state index < -0.39 is 0 Å². The average Bonchev–Trinajstić information content (AvgIpc) is 2.47. The van der Waals surface area contributed by atoms with Gasteiger partial charge in [0.05, 0.1) is 16.2 Å². The minimum atomic E-state index is -0.00164. The van der Waals surface area contributed by atoms with Gasteiger partial charge in [0.1, 0.15) is 0 Å². The zero-order chi connectivity index (χ0) is 14.1. The lowest BCUT2D eigenvalue weighted by atomic mass is 10.0. The molecule has 0 aliphatic heterocycles. The summed E-state index contributed by atoms with van der Waals surface area (Å²) < 4.78 is 0. The van der Waals surface area contributed by atoms with Gasteiger partial charge in [-0.15, -0.1) is 0 Å². The van der Waals surface area contributed by atoms with Crippen molar-refractivity contribution in [2.24, 2.45) is 0 Å². The molecule has 0 unspecified atom stereocenters. The van der Waals surface area contributed by atoms with Gasteiger partial charge in [0.15, 0.2) is 5.78 Å². The number of hydrogen-bond donors (Lipinski definition) is 0. The van der Waals surface area contributed by atoms with Crippen LogP contribution in [-0.4, -0.2) is 10.8 Å². The van der Waals surface area contributed by atoms with Crippen LogP contribution in [0.3, 0.4) is 0 Å². The van der Waals surface area contributed by atoms with Crippen molar-refractivity contribution < 1.29 is 4.79 Å². The molecule has 0 fully saturated rings. The number of rotatable bonds is 2. The quantitative estimate of drug-likeness (QED) is 0.634. The molecule has 1 aromatic heterocycles. The van der Waals surface area contributed by atoms with Crippen molar-refractivity contribution in [1.29, 1.82) is 0 Å². The fourth-order valence-electron chi connectivity index (χ4n) is 2.25. The number of ketones is 1. The fourth-order valence-corrected chi connectivity index (χ4v) is 2.47. The normalized spacial score (nSPS) is 10.7. The van der Waals surface area contributed by atoms with E-state index in [0.29, 0.717) is 16.3 Å². The highest BCUT2D eigenvalue weighted by molar-refractivity contribution is 6.35. The topological polar surface area (TPSA) is 30.0 Å². The van der Waals surface area contributed by atoms with Gasteiger partial charge in [-0.05, 0) is 19.1 Å². The molecule has 0 spiro atoms. The number of fused-ring (bicyclic) bond motifs is 1. The number of carbonyl (C=O) groups is 1. The number of benzene rings is 2. The molecule has 1 heterocycles. The molecule has 3 aromatic rings. The summed E-state index contributed by atoms with van der Waals surface area (Å²) in [4.78, 5) is 16.5. The molecular weight excluding hydrogens is 270 g/mol. The van der Waals surface area contributed by atoms with E-state index in [2.05, 4.69) is 4.98 Å². The molecule has 3 rings (SSSR count). The third kappa shape index (κ3) is 2.19. The first-order chi connectivity index (χ1) is 9.66. The van der Waals surface area contributed by atoms with Crippen LogP contribution in [-0.2, 0) is 0 Å². The Labute approximate surface area is 122 Å². The molecule has 0 aliphatic rings. The van der Waals surface area contributed by atoms with E-state index in [-0.39, 0.29) is 5.78 Å². The molecule has 98 valence electrons. The molecular formula is C17H12ClNO. The molecule has 20 heavy (non-hydrogen) atoms. The summed E-state index contributed by atoms with van der Waals surface area (Å²) in [6, 6.07) is 17.1. The van der Waals surface area contributed by atoms with E-state index in [4.69, 9.17) is 11.6 Å². The Morgan fingerprint density at radius 3 is 2.50 bits per heavy atom.